The fraction of sp³-hybridized carbons (Fsp3) is 0.417. The summed E-state index contributed by atoms with van der Waals surface area (Å²) in [6.45, 7) is 2.83. The third kappa shape index (κ3) is 3.40. The Morgan fingerprint density at radius 1 is 1.25 bits per heavy atom. The summed E-state index contributed by atoms with van der Waals surface area (Å²) >= 11 is 0. The molecule has 0 spiro atoms. The van der Waals surface area contributed by atoms with Gasteiger partial charge >= 0.3 is 5.97 Å². The number of carboxylic acids is 1. The second-order valence-corrected chi connectivity index (χ2v) is 5.84. The number of methoxy groups -OCH3 is 2. The maximum absolute atomic E-state index is 12.2. The number of benzene rings is 1. The predicted octanol–water partition coefficient (Wildman–Crippen LogP) is 0.764. The minimum Gasteiger partial charge on any atom is -0.493 e. The molecule has 0 aliphatic carbocycles. The molecule has 20 heavy (non-hydrogen) atoms. The van der Waals surface area contributed by atoms with Gasteiger partial charge in [-0.15, -0.1) is 0 Å². The van der Waals surface area contributed by atoms with Crippen LogP contribution in [0.4, 0.5) is 0 Å². The Morgan fingerprint density at radius 3 is 2.20 bits per heavy atom. The fourth-order valence-corrected chi connectivity index (χ4v) is 3.04. The maximum Gasteiger partial charge on any atom is 0.321 e. The van der Waals surface area contributed by atoms with Crippen LogP contribution in [-0.4, -0.2) is 39.8 Å². The Labute approximate surface area is 117 Å². The number of hydrogen-bond acceptors (Lipinski definition) is 5. The van der Waals surface area contributed by atoms with Crippen molar-refractivity contribution in [2.75, 3.05) is 14.2 Å². The quantitative estimate of drug-likeness (QED) is 0.804. The number of rotatable bonds is 6. The van der Waals surface area contributed by atoms with Crippen molar-refractivity contribution in [1.29, 1.82) is 0 Å². The van der Waals surface area contributed by atoms with Gasteiger partial charge in [0.2, 0.25) is 10.0 Å². The van der Waals surface area contributed by atoms with Gasteiger partial charge in [0.05, 0.1) is 19.1 Å². The second kappa shape index (κ2) is 6.10. The average molecular weight is 303 g/mol. The standard InChI is InChI=1S/C12H17NO6S/c1-7-5-9(18-3)10(19-4)6-11(7)20(16,17)13-8(2)12(14)15/h5-6,8,13H,1-4H3,(H,14,15). The van der Waals surface area contributed by atoms with Crippen LogP contribution in [0.2, 0.25) is 0 Å². The zero-order valence-electron chi connectivity index (χ0n) is 11.6. The molecule has 0 saturated heterocycles. The SMILES string of the molecule is COc1cc(C)c(S(=O)(=O)NC(C)C(=O)O)cc1OC. The van der Waals surface area contributed by atoms with Crippen molar-refractivity contribution in [3.05, 3.63) is 17.7 Å². The molecule has 0 amide bonds. The van der Waals surface area contributed by atoms with E-state index in [2.05, 4.69) is 4.72 Å². The summed E-state index contributed by atoms with van der Waals surface area (Å²) in [7, 11) is -1.13. The van der Waals surface area contributed by atoms with Crippen LogP contribution < -0.4 is 14.2 Å². The molecule has 1 aromatic carbocycles. The Bertz CT molecular complexity index is 611. The number of nitrogens with one attached hydrogen (secondary N) is 1. The number of sulfonamides is 1. The van der Waals surface area contributed by atoms with Crippen molar-refractivity contribution in [1.82, 2.24) is 4.72 Å². The van der Waals surface area contributed by atoms with Crippen molar-refractivity contribution in [3.63, 3.8) is 0 Å². The van der Waals surface area contributed by atoms with Crippen molar-refractivity contribution in [3.8, 4) is 11.5 Å². The molecule has 1 unspecified atom stereocenters. The van der Waals surface area contributed by atoms with E-state index in [9.17, 15) is 13.2 Å². The van der Waals surface area contributed by atoms with E-state index in [0.29, 0.717) is 11.3 Å². The lowest BCUT2D eigenvalue weighted by Crippen LogP contribution is -2.38. The number of aliphatic carboxylic acids is 1. The predicted molar refractivity (Wildman–Crippen MR) is 71.7 cm³/mol. The van der Waals surface area contributed by atoms with Gasteiger partial charge in [-0.05, 0) is 25.5 Å². The van der Waals surface area contributed by atoms with E-state index >= 15 is 0 Å². The molecular weight excluding hydrogens is 286 g/mol. The minimum absolute atomic E-state index is 0.0525. The topological polar surface area (TPSA) is 102 Å². The fourth-order valence-electron chi connectivity index (χ4n) is 1.60. The van der Waals surface area contributed by atoms with Gasteiger partial charge < -0.3 is 14.6 Å². The Hall–Kier alpha value is -1.80. The molecule has 0 aliphatic rings. The van der Waals surface area contributed by atoms with E-state index in [1.165, 1.54) is 33.3 Å². The van der Waals surface area contributed by atoms with Gasteiger partial charge in [-0.25, -0.2) is 8.42 Å². The second-order valence-electron chi connectivity index (χ2n) is 4.15. The summed E-state index contributed by atoms with van der Waals surface area (Å²) in [5.74, 6) is -0.608. The van der Waals surface area contributed by atoms with E-state index in [1.54, 1.807) is 6.92 Å². The van der Waals surface area contributed by atoms with Crippen molar-refractivity contribution < 1.29 is 27.8 Å². The highest BCUT2D eigenvalue weighted by Gasteiger charge is 2.24. The van der Waals surface area contributed by atoms with Crippen molar-refractivity contribution in [2.24, 2.45) is 0 Å². The molecule has 112 valence electrons. The number of ether oxygens (including phenoxy) is 2. The molecule has 8 heteroatoms. The Morgan fingerprint density at radius 2 is 1.75 bits per heavy atom. The van der Waals surface area contributed by atoms with Gasteiger partial charge in [-0.2, -0.15) is 4.72 Å². The lowest BCUT2D eigenvalue weighted by atomic mass is 10.2. The molecule has 7 nitrogen and oxygen atoms in total. The van der Waals surface area contributed by atoms with Crippen LogP contribution in [0, 0.1) is 6.92 Å². The zero-order chi connectivity index (χ0) is 15.5. The molecule has 0 radical (unpaired) electrons. The normalized spacial score (nSPS) is 12.8. The molecular formula is C12H17NO6S. The van der Waals surface area contributed by atoms with Crippen LogP contribution >= 0.6 is 0 Å². The zero-order valence-corrected chi connectivity index (χ0v) is 12.4. The van der Waals surface area contributed by atoms with E-state index in [1.807, 2.05) is 0 Å². The van der Waals surface area contributed by atoms with Gasteiger partial charge in [0, 0.05) is 6.07 Å². The third-order valence-corrected chi connectivity index (χ3v) is 4.36. The lowest BCUT2D eigenvalue weighted by Gasteiger charge is -2.15. The first kappa shape index (κ1) is 16.3. The summed E-state index contributed by atoms with van der Waals surface area (Å²) in [6.07, 6.45) is 0. The molecule has 2 N–H and O–H groups in total. The van der Waals surface area contributed by atoms with Crippen molar-refractivity contribution in [2.45, 2.75) is 24.8 Å². The third-order valence-electron chi connectivity index (χ3n) is 2.67. The number of carbonyl (C=O) groups is 1. The van der Waals surface area contributed by atoms with Gasteiger partial charge in [0.25, 0.3) is 0 Å². The van der Waals surface area contributed by atoms with Crippen LogP contribution in [0.5, 0.6) is 11.5 Å². The van der Waals surface area contributed by atoms with Crippen LogP contribution in [0.15, 0.2) is 17.0 Å². The monoisotopic (exact) mass is 303 g/mol. The first-order valence-electron chi connectivity index (χ1n) is 5.70. The molecule has 1 atom stereocenters. The molecule has 0 heterocycles. The van der Waals surface area contributed by atoms with Crippen LogP contribution in [0.25, 0.3) is 0 Å². The lowest BCUT2D eigenvalue weighted by molar-refractivity contribution is -0.138. The average Bonchev–Trinajstić information content (AvgIpc) is 2.37. The molecule has 0 saturated carbocycles. The van der Waals surface area contributed by atoms with Gasteiger partial charge in [0.1, 0.15) is 6.04 Å². The summed E-state index contributed by atoms with van der Waals surface area (Å²) in [5.41, 5.74) is 0.424. The van der Waals surface area contributed by atoms with Gasteiger partial charge in [-0.1, -0.05) is 0 Å². The van der Waals surface area contributed by atoms with E-state index in [-0.39, 0.29) is 10.6 Å². The molecule has 1 aromatic rings. The first-order valence-corrected chi connectivity index (χ1v) is 7.19. The smallest absolute Gasteiger partial charge is 0.321 e. The van der Waals surface area contributed by atoms with E-state index < -0.39 is 22.0 Å². The number of hydrogen-bond donors (Lipinski definition) is 2. The Kier molecular flexibility index (Phi) is 4.96. The summed E-state index contributed by atoms with van der Waals surface area (Å²) in [6, 6.07) is 1.58. The van der Waals surface area contributed by atoms with Crippen LogP contribution in [-0.2, 0) is 14.8 Å². The van der Waals surface area contributed by atoms with Crippen LogP contribution in [0.3, 0.4) is 0 Å². The Balaban J connectivity index is 3.28. The highest BCUT2D eigenvalue weighted by atomic mass is 32.2. The molecule has 0 bridgehead atoms. The maximum atomic E-state index is 12.2. The minimum atomic E-state index is -3.96. The van der Waals surface area contributed by atoms with Gasteiger partial charge in [0.15, 0.2) is 11.5 Å². The summed E-state index contributed by atoms with van der Waals surface area (Å²) in [4.78, 5) is 10.7. The van der Waals surface area contributed by atoms with E-state index in [4.69, 9.17) is 14.6 Å². The number of carboxylic acid groups (broad SMARTS) is 1. The van der Waals surface area contributed by atoms with Gasteiger partial charge in [-0.3, -0.25) is 4.79 Å². The highest BCUT2D eigenvalue weighted by molar-refractivity contribution is 7.89. The van der Waals surface area contributed by atoms with Crippen molar-refractivity contribution >= 4 is 16.0 Å². The molecule has 1 rings (SSSR count). The molecule has 0 aliphatic heterocycles. The summed E-state index contributed by atoms with van der Waals surface area (Å²) in [5, 5.41) is 8.77. The largest absolute Gasteiger partial charge is 0.493 e. The highest BCUT2D eigenvalue weighted by Crippen LogP contribution is 2.32. The van der Waals surface area contributed by atoms with E-state index in [0.717, 1.165) is 0 Å². The molecule has 0 fully saturated rings. The van der Waals surface area contributed by atoms with Crippen LogP contribution in [0.1, 0.15) is 12.5 Å². The molecule has 0 aromatic heterocycles. The number of aryl methyl sites for hydroxylation is 1. The first-order chi connectivity index (χ1) is 9.22. The summed E-state index contributed by atoms with van der Waals surface area (Å²) < 4.78 is 36.5.